The molecule has 3 nitrogen and oxygen atoms in total. The summed E-state index contributed by atoms with van der Waals surface area (Å²) in [6, 6.07) is 18.7. The first-order valence-electron chi connectivity index (χ1n) is 9.42. The molecule has 27 heavy (non-hydrogen) atoms. The van der Waals surface area contributed by atoms with Crippen molar-refractivity contribution >= 4 is 28.4 Å². The van der Waals surface area contributed by atoms with Crippen molar-refractivity contribution in [2.45, 2.75) is 25.7 Å². The second kappa shape index (κ2) is 8.81. The van der Waals surface area contributed by atoms with E-state index >= 15 is 0 Å². The fourth-order valence-electron chi connectivity index (χ4n) is 3.37. The number of thiazole rings is 1. The van der Waals surface area contributed by atoms with Crippen LogP contribution in [0, 0.1) is 0 Å². The Balaban J connectivity index is 1.34. The van der Waals surface area contributed by atoms with Gasteiger partial charge in [0, 0.05) is 23.2 Å². The van der Waals surface area contributed by atoms with Crippen LogP contribution < -0.4 is 9.04 Å². The first-order valence-corrected chi connectivity index (χ1v) is 11.4. The highest BCUT2D eigenvalue weighted by Gasteiger charge is 2.22. The highest BCUT2D eigenvalue weighted by Crippen LogP contribution is 2.40. The molecule has 4 rings (SSSR count). The minimum atomic E-state index is 0.758. The average Bonchev–Trinajstić information content (AvgIpc) is 3.16. The van der Waals surface area contributed by atoms with Gasteiger partial charge in [-0.25, -0.2) is 4.98 Å². The number of unbranched alkanes of at least 4 members (excludes halogenated alkanes) is 1. The molecule has 3 aromatic rings. The summed E-state index contributed by atoms with van der Waals surface area (Å²) >= 11 is 3.62. The lowest BCUT2D eigenvalue weighted by Crippen LogP contribution is -2.15. The molecule has 0 radical (unpaired) electrons. The molecular weight excluding hydrogens is 372 g/mol. The van der Waals surface area contributed by atoms with Gasteiger partial charge in [0.05, 0.1) is 12.3 Å². The number of nitrogens with zero attached hydrogens (tertiary/aromatic N) is 2. The number of para-hydroxylation sites is 1. The van der Waals surface area contributed by atoms with Crippen molar-refractivity contribution in [2.24, 2.45) is 0 Å². The smallest absolute Gasteiger partial charge is 0.196 e. The molecular formula is C22H24N2OS2. The Hall–Kier alpha value is -1.98. The molecule has 0 N–H and O–H groups in total. The molecule has 0 unspecified atom stereocenters. The van der Waals surface area contributed by atoms with Crippen molar-refractivity contribution in [2.75, 3.05) is 23.7 Å². The minimum absolute atomic E-state index is 0.758. The summed E-state index contributed by atoms with van der Waals surface area (Å²) in [5.74, 6) is 0.950. The Labute approximate surface area is 169 Å². The van der Waals surface area contributed by atoms with Crippen LogP contribution in [0.15, 0.2) is 54.6 Å². The Morgan fingerprint density at radius 1 is 1.04 bits per heavy atom. The van der Waals surface area contributed by atoms with Gasteiger partial charge in [0.1, 0.15) is 5.75 Å². The van der Waals surface area contributed by atoms with Gasteiger partial charge >= 0.3 is 0 Å². The molecule has 140 valence electrons. The molecule has 2 aromatic carbocycles. The summed E-state index contributed by atoms with van der Waals surface area (Å²) in [6.07, 6.45) is 6.50. The Kier molecular flexibility index (Phi) is 6.00. The molecule has 1 aromatic heterocycles. The third-order valence-corrected chi connectivity index (χ3v) is 6.83. The number of aryl methyl sites for hydroxylation is 2. The summed E-state index contributed by atoms with van der Waals surface area (Å²) in [6.45, 7) is 1.75. The maximum Gasteiger partial charge on any atom is 0.196 e. The van der Waals surface area contributed by atoms with E-state index in [4.69, 9.17) is 9.72 Å². The molecule has 0 aliphatic heterocycles. The zero-order valence-electron chi connectivity index (χ0n) is 15.6. The third kappa shape index (κ3) is 4.30. The van der Waals surface area contributed by atoms with Gasteiger partial charge in [-0.05, 0) is 43.4 Å². The number of rotatable bonds is 8. The largest absolute Gasteiger partial charge is 0.494 e. The standard InChI is InChI=1S/C22H24N2OS2/c1-26-24(15-7-8-16-25-18-10-3-2-4-11-18)22-23-21-19-12-6-5-9-17(19)13-14-20(21)27-22/h2-6,9-12H,7-8,13-16H2,1H3. The van der Waals surface area contributed by atoms with Crippen LogP contribution in [0.1, 0.15) is 23.3 Å². The monoisotopic (exact) mass is 396 g/mol. The molecule has 0 atom stereocenters. The number of hydrogen-bond acceptors (Lipinski definition) is 5. The van der Waals surface area contributed by atoms with E-state index in [9.17, 15) is 0 Å². The van der Waals surface area contributed by atoms with E-state index in [1.807, 2.05) is 41.7 Å². The summed E-state index contributed by atoms with van der Waals surface area (Å²) < 4.78 is 8.12. The van der Waals surface area contributed by atoms with Gasteiger partial charge in [-0.1, -0.05) is 54.4 Å². The average molecular weight is 397 g/mol. The van der Waals surface area contributed by atoms with Crippen LogP contribution in [0.3, 0.4) is 0 Å². The van der Waals surface area contributed by atoms with E-state index in [1.165, 1.54) is 21.7 Å². The van der Waals surface area contributed by atoms with Gasteiger partial charge in [-0.3, -0.25) is 4.31 Å². The van der Waals surface area contributed by atoms with Crippen LogP contribution in [0.25, 0.3) is 11.3 Å². The van der Waals surface area contributed by atoms with E-state index in [0.29, 0.717) is 0 Å². The van der Waals surface area contributed by atoms with Crippen molar-refractivity contribution in [3.8, 4) is 17.0 Å². The molecule has 1 heterocycles. The summed E-state index contributed by atoms with van der Waals surface area (Å²) in [7, 11) is 0. The van der Waals surface area contributed by atoms with Crippen molar-refractivity contribution in [3.05, 3.63) is 65.0 Å². The molecule has 0 saturated heterocycles. The molecule has 0 amide bonds. The van der Waals surface area contributed by atoms with Gasteiger partial charge in [0.15, 0.2) is 5.13 Å². The van der Waals surface area contributed by atoms with Crippen LogP contribution in [-0.4, -0.2) is 24.4 Å². The number of hydrogen-bond donors (Lipinski definition) is 0. The second-order valence-electron chi connectivity index (χ2n) is 6.58. The molecule has 1 aliphatic carbocycles. The SMILES string of the molecule is CSN(CCCCOc1ccccc1)c1nc2c(s1)CCc1ccccc1-2. The quantitative estimate of drug-likeness (QED) is 0.352. The number of benzene rings is 2. The molecule has 0 bridgehead atoms. The first-order chi connectivity index (χ1) is 13.3. The molecule has 5 heteroatoms. The van der Waals surface area contributed by atoms with Gasteiger partial charge < -0.3 is 4.74 Å². The lowest BCUT2D eigenvalue weighted by molar-refractivity contribution is 0.308. The lowest BCUT2D eigenvalue weighted by atomic mass is 9.94. The summed E-state index contributed by atoms with van der Waals surface area (Å²) in [5.41, 5.74) is 3.94. The van der Waals surface area contributed by atoms with E-state index in [0.717, 1.165) is 49.7 Å². The lowest BCUT2D eigenvalue weighted by Gasteiger charge is -2.18. The van der Waals surface area contributed by atoms with Gasteiger partial charge in [-0.15, -0.1) is 11.3 Å². The molecule has 1 aliphatic rings. The fraction of sp³-hybridized carbons (Fsp3) is 0.318. The molecule has 0 spiro atoms. The second-order valence-corrected chi connectivity index (χ2v) is 8.45. The number of ether oxygens (including phenoxy) is 1. The van der Waals surface area contributed by atoms with Gasteiger partial charge in [-0.2, -0.15) is 0 Å². The normalized spacial score (nSPS) is 12.3. The Morgan fingerprint density at radius 3 is 2.70 bits per heavy atom. The summed E-state index contributed by atoms with van der Waals surface area (Å²) in [5, 5.41) is 1.13. The zero-order chi connectivity index (χ0) is 18.5. The van der Waals surface area contributed by atoms with Gasteiger partial charge in [0.2, 0.25) is 0 Å². The highest BCUT2D eigenvalue weighted by molar-refractivity contribution is 8.00. The van der Waals surface area contributed by atoms with Crippen molar-refractivity contribution in [1.82, 2.24) is 4.98 Å². The maximum absolute atomic E-state index is 5.79. The predicted molar refractivity (Wildman–Crippen MR) is 117 cm³/mol. The van der Waals surface area contributed by atoms with Crippen LogP contribution in [0.5, 0.6) is 5.75 Å². The molecule has 0 fully saturated rings. The van der Waals surface area contributed by atoms with Crippen LogP contribution >= 0.6 is 23.3 Å². The van der Waals surface area contributed by atoms with Gasteiger partial charge in [0.25, 0.3) is 0 Å². The highest BCUT2D eigenvalue weighted by atomic mass is 32.2. The number of anilines is 1. The zero-order valence-corrected chi connectivity index (χ0v) is 17.2. The van der Waals surface area contributed by atoms with E-state index < -0.39 is 0 Å². The fourth-order valence-corrected chi connectivity index (χ4v) is 5.22. The predicted octanol–water partition coefficient (Wildman–Crippen LogP) is 5.85. The van der Waals surface area contributed by atoms with Crippen LogP contribution in [-0.2, 0) is 12.8 Å². The number of fused-ring (bicyclic) bond motifs is 3. The number of aromatic nitrogens is 1. The van der Waals surface area contributed by atoms with Crippen molar-refractivity contribution in [3.63, 3.8) is 0 Å². The molecule has 0 saturated carbocycles. The Morgan fingerprint density at radius 2 is 1.85 bits per heavy atom. The topological polar surface area (TPSA) is 25.4 Å². The third-order valence-electron chi connectivity index (χ3n) is 4.78. The van der Waals surface area contributed by atoms with Crippen molar-refractivity contribution in [1.29, 1.82) is 0 Å². The maximum atomic E-state index is 5.79. The first kappa shape index (κ1) is 18.4. The van der Waals surface area contributed by atoms with E-state index in [-0.39, 0.29) is 0 Å². The van der Waals surface area contributed by atoms with Crippen LogP contribution in [0.2, 0.25) is 0 Å². The van der Waals surface area contributed by atoms with Crippen molar-refractivity contribution < 1.29 is 4.74 Å². The minimum Gasteiger partial charge on any atom is -0.494 e. The van der Waals surface area contributed by atoms with E-state index in [2.05, 4.69) is 34.8 Å². The summed E-state index contributed by atoms with van der Waals surface area (Å²) in [4.78, 5) is 6.43. The van der Waals surface area contributed by atoms with Crippen LogP contribution in [0.4, 0.5) is 5.13 Å². The van der Waals surface area contributed by atoms with E-state index in [1.54, 1.807) is 11.9 Å². The Bertz CT molecular complexity index is 879.